The maximum Gasteiger partial charge on any atom is 0.115 e. The molecular weight excluding hydrogens is 132 g/mol. The van der Waals surface area contributed by atoms with E-state index in [-0.39, 0.29) is 11.5 Å². The minimum Gasteiger partial charge on any atom is -0.508 e. The molecule has 0 aliphatic heterocycles. The average molecular weight is 137 g/mol. The van der Waals surface area contributed by atoms with Gasteiger partial charge in [0.15, 0.2) is 0 Å². The predicted octanol–water partition coefficient (Wildman–Crippen LogP) is -0.108. The third-order valence-electron chi connectivity index (χ3n) is 0.980. The van der Waals surface area contributed by atoms with Crippen LogP contribution in [0.15, 0.2) is 18.2 Å². The van der Waals surface area contributed by atoms with E-state index in [0.717, 1.165) is 0 Å². The van der Waals surface area contributed by atoms with E-state index in [4.69, 9.17) is 10.2 Å². The lowest BCUT2D eigenvalue weighted by atomic mass is 10.3. The van der Waals surface area contributed by atoms with Crippen LogP contribution < -0.4 is 5.19 Å². The summed E-state index contributed by atoms with van der Waals surface area (Å²) >= 11 is 0. The van der Waals surface area contributed by atoms with Gasteiger partial charge in [0.25, 0.3) is 0 Å². The standard InChI is InChI=1S/C6H5O2Si/c7-4-1-2-5(8)6(9)3-4/h1-3,7-8H. The summed E-state index contributed by atoms with van der Waals surface area (Å²) < 4.78 is 0. The van der Waals surface area contributed by atoms with E-state index in [1.807, 2.05) is 0 Å². The molecule has 3 radical (unpaired) electrons. The number of phenols is 2. The Balaban J connectivity index is 3.17. The Labute approximate surface area is 56.2 Å². The third-order valence-corrected chi connectivity index (χ3v) is 1.38. The maximum atomic E-state index is 8.88. The van der Waals surface area contributed by atoms with Crippen molar-refractivity contribution >= 4 is 15.4 Å². The summed E-state index contributed by atoms with van der Waals surface area (Å²) in [4.78, 5) is 0. The SMILES string of the molecule is Oc1ccc(O)c([Si])c1. The molecule has 2 nitrogen and oxygen atoms in total. The van der Waals surface area contributed by atoms with Crippen molar-refractivity contribution in [3.05, 3.63) is 18.2 Å². The van der Waals surface area contributed by atoms with E-state index in [0.29, 0.717) is 5.19 Å². The van der Waals surface area contributed by atoms with Crippen molar-refractivity contribution in [2.45, 2.75) is 0 Å². The number of benzene rings is 1. The smallest absolute Gasteiger partial charge is 0.115 e. The van der Waals surface area contributed by atoms with Gasteiger partial charge in [-0.2, -0.15) is 0 Å². The zero-order valence-corrected chi connectivity index (χ0v) is 5.63. The summed E-state index contributed by atoms with van der Waals surface area (Å²) in [5.41, 5.74) is 0. The largest absolute Gasteiger partial charge is 0.508 e. The van der Waals surface area contributed by atoms with Gasteiger partial charge in [-0.05, 0) is 23.4 Å². The van der Waals surface area contributed by atoms with Gasteiger partial charge < -0.3 is 10.2 Å². The molecule has 0 saturated carbocycles. The lowest BCUT2D eigenvalue weighted by Gasteiger charge is -1.96. The highest BCUT2D eigenvalue weighted by Gasteiger charge is 1.93. The molecule has 1 aromatic rings. The fourth-order valence-electron chi connectivity index (χ4n) is 0.524. The van der Waals surface area contributed by atoms with Gasteiger partial charge in [-0.15, -0.1) is 0 Å². The van der Waals surface area contributed by atoms with E-state index in [2.05, 4.69) is 10.2 Å². The molecular formula is C6H5O2Si. The van der Waals surface area contributed by atoms with Gasteiger partial charge in [0, 0.05) is 0 Å². The second-order valence-corrected chi connectivity index (χ2v) is 2.24. The highest BCUT2D eigenvalue weighted by atomic mass is 28.1. The van der Waals surface area contributed by atoms with Crippen LogP contribution in [-0.2, 0) is 0 Å². The van der Waals surface area contributed by atoms with Gasteiger partial charge in [-0.1, -0.05) is 0 Å². The van der Waals surface area contributed by atoms with E-state index >= 15 is 0 Å². The fourth-order valence-corrected chi connectivity index (χ4v) is 0.755. The summed E-state index contributed by atoms with van der Waals surface area (Å²) in [5.74, 6) is 0.266. The normalized spacial score (nSPS) is 9.44. The minimum absolute atomic E-state index is 0.129. The molecule has 0 aliphatic rings. The van der Waals surface area contributed by atoms with Crippen LogP contribution in [0.5, 0.6) is 11.5 Å². The molecule has 0 unspecified atom stereocenters. The van der Waals surface area contributed by atoms with E-state index < -0.39 is 0 Å². The van der Waals surface area contributed by atoms with Crippen LogP contribution >= 0.6 is 0 Å². The highest BCUT2D eigenvalue weighted by molar-refractivity contribution is 6.34. The van der Waals surface area contributed by atoms with Crippen molar-refractivity contribution < 1.29 is 10.2 Å². The van der Waals surface area contributed by atoms with Gasteiger partial charge in [0.1, 0.15) is 11.5 Å². The van der Waals surface area contributed by atoms with Gasteiger partial charge in [0.2, 0.25) is 0 Å². The molecule has 0 aromatic heterocycles. The molecule has 45 valence electrons. The van der Waals surface area contributed by atoms with Gasteiger partial charge in [-0.25, -0.2) is 0 Å². The summed E-state index contributed by atoms with van der Waals surface area (Å²) in [6, 6.07) is 4.25. The van der Waals surface area contributed by atoms with Crippen LogP contribution in [0.1, 0.15) is 0 Å². The van der Waals surface area contributed by atoms with Gasteiger partial charge >= 0.3 is 0 Å². The first-order valence-electron chi connectivity index (χ1n) is 2.44. The molecule has 0 saturated heterocycles. The molecule has 3 heteroatoms. The summed E-state index contributed by atoms with van der Waals surface area (Å²) in [6.45, 7) is 0. The maximum absolute atomic E-state index is 8.88. The molecule has 1 aromatic carbocycles. The molecule has 1 rings (SSSR count). The monoisotopic (exact) mass is 137 g/mol. The van der Waals surface area contributed by atoms with Crippen molar-refractivity contribution in [3.8, 4) is 11.5 Å². The van der Waals surface area contributed by atoms with Crippen molar-refractivity contribution in [1.82, 2.24) is 0 Å². The van der Waals surface area contributed by atoms with Crippen LogP contribution in [0, 0.1) is 0 Å². The van der Waals surface area contributed by atoms with Crippen LogP contribution in [0.3, 0.4) is 0 Å². The van der Waals surface area contributed by atoms with Gasteiger partial charge in [0.05, 0.1) is 10.2 Å². The summed E-state index contributed by atoms with van der Waals surface area (Å²) in [6.07, 6.45) is 0. The summed E-state index contributed by atoms with van der Waals surface area (Å²) in [7, 11) is 3.08. The molecule has 0 aliphatic carbocycles. The Bertz CT molecular complexity index is 222. The number of aromatic hydroxyl groups is 2. The first-order valence-corrected chi connectivity index (χ1v) is 2.94. The molecule has 0 bridgehead atoms. The van der Waals surface area contributed by atoms with E-state index in [9.17, 15) is 0 Å². The first-order chi connectivity index (χ1) is 4.20. The van der Waals surface area contributed by atoms with Crippen molar-refractivity contribution in [3.63, 3.8) is 0 Å². The third kappa shape index (κ3) is 1.23. The average Bonchev–Trinajstić information content (AvgIpc) is 1.80. The second kappa shape index (κ2) is 2.11. The molecule has 0 atom stereocenters. The number of hydrogen-bond donors (Lipinski definition) is 2. The number of hydrogen-bond acceptors (Lipinski definition) is 2. The summed E-state index contributed by atoms with van der Waals surface area (Å²) in [5, 5.41) is 18.2. The lowest BCUT2D eigenvalue weighted by molar-refractivity contribution is 0.463. The van der Waals surface area contributed by atoms with Crippen molar-refractivity contribution in [2.24, 2.45) is 0 Å². The van der Waals surface area contributed by atoms with Crippen LogP contribution in [0.25, 0.3) is 0 Å². The first kappa shape index (κ1) is 6.16. The molecule has 9 heavy (non-hydrogen) atoms. The van der Waals surface area contributed by atoms with E-state index in [1.54, 1.807) is 0 Å². The van der Waals surface area contributed by atoms with Crippen LogP contribution in [0.4, 0.5) is 0 Å². The number of phenolic OH excluding ortho intramolecular Hbond substituents is 2. The lowest BCUT2D eigenvalue weighted by Crippen LogP contribution is -2.00. The van der Waals surface area contributed by atoms with Crippen molar-refractivity contribution in [2.75, 3.05) is 0 Å². The molecule has 0 fully saturated rings. The molecule has 0 heterocycles. The van der Waals surface area contributed by atoms with Crippen LogP contribution in [0.2, 0.25) is 0 Å². The Morgan fingerprint density at radius 3 is 2.33 bits per heavy atom. The Morgan fingerprint density at radius 1 is 1.22 bits per heavy atom. The minimum atomic E-state index is 0.129. The molecule has 0 spiro atoms. The Hall–Kier alpha value is -0.963. The molecule has 0 amide bonds. The number of rotatable bonds is 0. The zero-order chi connectivity index (χ0) is 6.85. The second-order valence-electron chi connectivity index (χ2n) is 1.70. The highest BCUT2D eigenvalue weighted by Crippen LogP contribution is 2.10. The van der Waals surface area contributed by atoms with E-state index in [1.165, 1.54) is 18.2 Å². The fraction of sp³-hybridized carbons (Fsp3) is 0. The Kier molecular flexibility index (Phi) is 1.44. The quantitative estimate of drug-likeness (QED) is 0.387. The Morgan fingerprint density at radius 2 is 1.89 bits per heavy atom. The topological polar surface area (TPSA) is 40.5 Å². The zero-order valence-electron chi connectivity index (χ0n) is 4.63. The predicted molar refractivity (Wildman–Crippen MR) is 35.2 cm³/mol. The van der Waals surface area contributed by atoms with Crippen LogP contribution in [-0.4, -0.2) is 20.5 Å². The molecule has 2 N–H and O–H groups in total. The van der Waals surface area contributed by atoms with Gasteiger partial charge in [-0.3, -0.25) is 0 Å². The van der Waals surface area contributed by atoms with Crippen molar-refractivity contribution in [1.29, 1.82) is 0 Å².